The van der Waals surface area contributed by atoms with E-state index in [0.717, 1.165) is 11.1 Å². The summed E-state index contributed by atoms with van der Waals surface area (Å²) >= 11 is 0. The minimum absolute atomic E-state index is 0.0737. The average molecular weight is 372 g/mol. The Morgan fingerprint density at radius 3 is 2.78 bits per heavy atom. The summed E-state index contributed by atoms with van der Waals surface area (Å²) in [5.74, 6) is -0.485. The van der Waals surface area contributed by atoms with Gasteiger partial charge in [0.25, 0.3) is 0 Å². The Morgan fingerprint density at radius 2 is 2.07 bits per heavy atom. The van der Waals surface area contributed by atoms with E-state index in [9.17, 15) is 13.6 Å². The molecule has 3 heterocycles. The first-order valence-electron chi connectivity index (χ1n) is 8.43. The summed E-state index contributed by atoms with van der Waals surface area (Å²) in [6.07, 6.45) is 2.40. The Hall–Kier alpha value is -3.23. The molecule has 9 heteroatoms. The van der Waals surface area contributed by atoms with Crippen LogP contribution in [0, 0.1) is 5.82 Å². The second-order valence-corrected chi connectivity index (χ2v) is 6.67. The molecule has 2 amide bonds. The van der Waals surface area contributed by atoms with Gasteiger partial charge in [0.15, 0.2) is 5.65 Å². The molecule has 0 radical (unpaired) electrons. The van der Waals surface area contributed by atoms with E-state index in [1.165, 1.54) is 27.8 Å². The van der Waals surface area contributed by atoms with Crippen LogP contribution in [-0.4, -0.2) is 59.1 Å². The van der Waals surface area contributed by atoms with Crippen molar-refractivity contribution >= 4 is 28.4 Å². The molecule has 0 aliphatic carbocycles. The van der Waals surface area contributed by atoms with Crippen LogP contribution in [0.4, 0.5) is 25.0 Å². The molecule has 3 aromatic rings. The van der Waals surface area contributed by atoms with E-state index in [1.807, 2.05) is 25.1 Å². The predicted octanol–water partition coefficient (Wildman–Crippen LogP) is 2.81. The zero-order chi connectivity index (χ0) is 19.1. The molecule has 0 bridgehead atoms. The minimum Gasteiger partial charge on any atom is -0.376 e. The van der Waals surface area contributed by atoms with Crippen molar-refractivity contribution in [3.63, 3.8) is 0 Å². The number of amides is 2. The van der Waals surface area contributed by atoms with Crippen LogP contribution < -0.4 is 10.2 Å². The SMILES string of the molecule is CN(C)c1cnc2nn(-c3cc(NC(=O)N4CC(F)C4)ccc3F)cc2c1. The molecule has 0 unspecified atom stereocenters. The van der Waals surface area contributed by atoms with Crippen LogP contribution >= 0.6 is 0 Å². The lowest BCUT2D eigenvalue weighted by molar-refractivity contribution is 0.0974. The number of nitrogens with one attached hydrogen (secondary N) is 1. The fourth-order valence-corrected chi connectivity index (χ4v) is 2.83. The van der Waals surface area contributed by atoms with Crippen molar-refractivity contribution < 1.29 is 13.6 Å². The Kier molecular flexibility index (Phi) is 4.14. The average Bonchev–Trinajstić information content (AvgIpc) is 3.03. The van der Waals surface area contributed by atoms with Crippen LogP contribution in [0.3, 0.4) is 0 Å². The van der Waals surface area contributed by atoms with Crippen LogP contribution in [0.2, 0.25) is 0 Å². The van der Waals surface area contributed by atoms with Crippen molar-refractivity contribution in [3.05, 3.63) is 42.5 Å². The molecule has 1 N–H and O–H groups in total. The number of likely N-dealkylation sites (tertiary alicyclic amines) is 1. The molecule has 1 aliphatic rings. The van der Waals surface area contributed by atoms with Gasteiger partial charge in [-0.3, -0.25) is 0 Å². The number of hydrogen-bond donors (Lipinski definition) is 1. The smallest absolute Gasteiger partial charge is 0.322 e. The van der Waals surface area contributed by atoms with E-state index in [4.69, 9.17) is 0 Å². The molecule has 0 spiro atoms. The first kappa shape index (κ1) is 17.2. The molecule has 27 heavy (non-hydrogen) atoms. The molecular formula is C18H18F2N6O. The summed E-state index contributed by atoms with van der Waals surface area (Å²) in [7, 11) is 3.81. The summed E-state index contributed by atoms with van der Waals surface area (Å²) < 4.78 is 28.6. The molecule has 1 aliphatic heterocycles. The lowest BCUT2D eigenvalue weighted by Gasteiger charge is -2.34. The second kappa shape index (κ2) is 6.49. The highest BCUT2D eigenvalue weighted by molar-refractivity contribution is 5.90. The van der Waals surface area contributed by atoms with E-state index in [0.29, 0.717) is 11.3 Å². The number of halogens is 2. The number of pyridine rings is 1. The van der Waals surface area contributed by atoms with E-state index in [2.05, 4.69) is 15.4 Å². The van der Waals surface area contributed by atoms with E-state index in [-0.39, 0.29) is 18.8 Å². The highest BCUT2D eigenvalue weighted by Crippen LogP contribution is 2.23. The molecule has 0 atom stereocenters. The van der Waals surface area contributed by atoms with E-state index in [1.54, 1.807) is 12.4 Å². The van der Waals surface area contributed by atoms with Gasteiger partial charge in [-0.25, -0.2) is 23.2 Å². The summed E-state index contributed by atoms with van der Waals surface area (Å²) in [6.45, 7) is 0.147. The van der Waals surface area contributed by atoms with Crippen LogP contribution in [0.15, 0.2) is 36.7 Å². The van der Waals surface area contributed by atoms with Gasteiger partial charge < -0.3 is 15.1 Å². The highest BCUT2D eigenvalue weighted by atomic mass is 19.1. The first-order chi connectivity index (χ1) is 12.9. The maximum Gasteiger partial charge on any atom is 0.322 e. The number of urea groups is 1. The molecule has 1 saturated heterocycles. The Labute approximate surface area is 154 Å². The number of hydrogen-bond acceptors (Lipinski definition) is 4. The number of alkyl halides is 1. The summed E-state index contributed by atoms with van der Waals surface area (Å²) in [6, 6.07) is 5.69. The lowest BCUT2D eigenvalue weighted by Crippen LogP contribution is -2.53. The Balaban J connectivity index is 1.63. The fourth-order valence-electron chi connectivity index (χ4n) is 2.83. The number of carbonyl (C=O) groups excluding carboxylic acids is 1. The van der Waals surface area contributed by atoms with E-state index < -0.39 is 18.0 Å². The van der Waals surface area contributed by atoms with Crippen LogP contribution in [0.5, 0.6) is 0 Å². The molecular weight excluding hydrogens is 354 g/mol. The summed E-state index contributed by atoms with van der Waals surface area (Å²) in [4.78, 5) is 19.6. The summed E-state index contributed by atoms with van der Waals surface area (Å²) in [5.41, 5.74) is 1.98. The molecule has 140 valence electrons. The first-order valence-corrected chi connectivity index (χ1v) is 8.43. The van der Waals surface area contributed by atoms with Gasteiger partial charge in [-0.05, 0) is 24.3 Å². The van der Waals surface area contributed by atoms with Crippen molar-refractivity contribution in [2.45, 2.75) is 6.17 Å². The lowest BCUT2D eigenvalue weighted by atomic mass is 10.2. The molecule has 7 nitrogen and oxygen atoms in total. The third-order valence-corrected chi connectivity index (χ3v) is 4.43. The number of carbonyl (C=O) groups is 1. The molecule has 2 aromatic heterocycles. The zero-order valence-corrected chi connectivity index (χ0v) is 14.9. The van der Waals surface area contributed by atoms with Gasteiger partial charge in [-0.15, -0.1) is 5.10 Å². The van der Waals surface area contributed by atoms with Crippen LogP contribution in [0.1, 0.15) is 0 Å². The zero-order valence-electron chi connectivity index (χ0n) is 14.9. The maximum atomic E-state index is 14.4. The largest absolute Gasteiger partial charge is 0.376 e. The van der Waals surface area contributed by atoms with Crippen LogP contribution in [-0.2, 0) is 0 Å². The normalized spacial score (nSPS) is 14.3. The van der Waals surface area contributed by atoms with Gasteiger partial charge in [0, 0.05) is 31.4 Å². The number of nitrogens with zero attached hydrogens (tertiary/aromatic N) is 5. The standard InChI is InChI=1S/C18H18F2N6O/c1-24(2)14-5-11-8-26(23-17(11)21-7-14)16-6-13(3-4-15(16)20)22-18(27)25-9-12(19)10-25/h3-8,12H,9-10H2,1-2H3,(H,22,27). The van der Waals surface area contributed by atoms with Crippen molar-refractivity contribution in [2.24, 2.45) is 0 Å². The van der Waals surface area contributed by atoms with Crippen molar-refractivity contribution in [1.29, 1.82) is 0 Å². The van der Waals surface area contributed by atoms with Crippen molar-refractivity contribution in [1.82, 2.24) is 19.7 Å². The Bertz CT molecular complexity index is 1010. The predicted molar refractivity (Wildman–Crippen MR) is 98.6 cm³/mol. The Morgan fingerprint density at radius 1 is 1.30 bits per heavy atom. The highest BCUT2D eigenvalue weighted by Gasteiger charge is 2.30. The number of rotatable bonds is 3. The fraction of sp³-hybridized carbons (Fsp3) is 0.278. The summed E-state index contributed by atoms with van der Waals surface area (Å²) in [5, 5.41) is 7.73. The van der Waals surface area contributed by atoms with Crippen LogP contribution in [0.25, 0.3) is 16.7 Å². The number of aromatic nitrogens is 3. The monoisotopic (exact) mass is 372 g/mol. The maximum absolute atomic E-state index is 14.4. The third-order valence-electron chi connectivity index (χ3n) is 4.43. The third kappa shape index (κ3) is 3.27. The topological polar surface area (TPSA) is 66.3 Å². The minimum atomic E-state index is -0.976. The number of benzene rings is 1. The van der Waals surface area contributed by atoms with Gasteiger partial charge in [-0.2, -0.15) is 0 Å². The van der Waals surface area contributed by atoms with E-state index >= 15 is 0 Å². The number of fused-ring (bicyclic) bond motifs is 1. The van der Waals surface area contributed by atoms with Gasteiger partial charge in [0.2, 0.25) is 0 Å². The number of anilines is 2. The van der Waals surface area contributed by atoms with Gasteiger partial charge >= 0.3 is 6.03 Å². The second-order valence-electron chi connectivity index (χ2n) is 6.67. The molecule has 1 fully saturated rings. The van der Waals surface area contributed by atoms with Crippen molar-refractivity contribution in [3.8, 4) is 5.69 Å². The van der Waals surface area contributed by atoms with Crippen molar-refractivity contribution in [2.75, 3.05) is 37.4 Å². The van der Waals surface area contributed by atoms with Gasteiger partial charge in [0.1, 0.15) is 17.7 Å². The molecule has 4 rings (SSSR count). The quantitative estimate of drug-likeness (QED) is 0.768. The van der Waals surface area contributed by atoms with Gasteiger partial charge in [0.05, 0.1) is 25.0 Å². The molecule has 1 aromatic carbocycles. The molecule has 0 saturated carbocycles. The van der Waals surface area contributed by atoms with Gasteiger partial charge in [-0.1, -0.05) is 0 Å².